The number of halogens is 1. The van der Waals surface area contributed by atoms with Crippen LogP contribution in [0.15, 0.2) is 81.5 Å². The predicted octanol–water partition coefficient (Wildman–Crippen LogP) is 4.95. The molecule has 5 rings (SSSR count). The monoisotopic (exact) mass is 449 g/mol. The Kier molecular flexibility index (Phi) is 5.78. The molecule has 2 aliphatic rings. The van der Waals surface area contributed by atoms with E-state index < -0.39 is 0 Å². The molecule has 0 bridgehead atoms. The summed E-state index contributed by atoms with van der Waals surface area (Å²) in [6.07, 6.45) is 0. The molecule has 1 fully saturated rings. The van der Waals surface area contributed by atoms with Gasteiger partial charge < -0.3 is 4.74 Å². The van der Waals surface area contributed by atoms with Crippen molar-refractivity contribution in [1.29, 1.82) is 0 Å². The van der Waals surface area contributed by atoms with Gasteiger partial charge in [0.25, 0.3) is 5.91 Å². The molecular weight excluding hydrogens is 430 g/mol. The van der Waals surface area contributed by atoms with E-state index in [4.69, 9.17) is 21.3 Å². The second kappa shape index (κ2) is 8.85. The second-order valence-corrected chi connectivity index (χ2v) is 8.75. The Bertz CT molecular complexity index is 1170. The van der Waals surface area contributed by atoms with Crippen LogP contribution < -0.4 is 5.43 Å². The van der Waals surface area contributed by atoms with Crippen LogP contribution in [0.1, 0.15) is 21.5 Å². The maximum atomic E-state index is 12.8. The van der Waals surface area contributed by atoms with Gasteiger partial charge in [-0.15, -0.1) is 0 Å². The first-order chi connectivity index (χ1) is 15.2. The smallest absolute Gasteiger partial charge is 0.265 e. The maximum Gasteiger partial charge on any atom is 0.265 e. The van der Waals surface area contributed by atoms with Crippen molar-refractivity contribution in [3.05, 3.63) is 88.4 Å². The Balaban J connectivity index is 1.56. The van der Waals surface area contributed by atoms with Gasteiger partial charge in [-0.3, -0.25) is 10.2 Å². The van der Waals surface area contributed by atoms with Crippen LogP contribution in [0.5, 0.6) is 0 Å². The van der Waals surface area contributed by atoms with Gasteiger partial charge in [-0.2, -0.15) is 0 Å². The van der Waals surface area contributed by atoms with Gasteiger partial charge in [0.2, 0.25) is 0 Å². The van der Waals surface area contributed by atoms with Crippen molar-refractivity contribution in [2.24, 2.45) is 4.99 Å². The number of benzene rings is 3. The number of carbonyl (C=O) groups is 1. The summed E-state index contributed by atoms with van der Waals surface area (Å²) in [5.41, 5.74) is 6.99. The minimum atomic E-state index is -0.147. The highest BCUT2D eigenvalue weighted by molar-refractivity contribution is 7.99. The fourth-order valence-electron chi connectivity index (χ4n) is 3.62. The van der Waals surface area contributed by atoms with Gasteiger partial charge in [0, 0.05) is 44.6 Å². The standard InChI is InChI=1S/C24H20ClN3O2S/c25-19-7-3-1-5-17(19)23-18-6-2-4-8-21(18)31-22-10-9-16(15-20(22)26-23)24(29)27-28-11-13-30-14-12-28/h1-10,15H,11-14H2,(H,27,29). The van der Waals surface area contributed by atoms with E-state index in [2.05, 4.69) is 17.6 Å². The fraction of sp³-hybridized carbons (Fsp3) is 0.167. The molecular formula is C24H20ClN3O2S. The quantitative estimate of drug-likeness (QED) is 0.480. The highest BCUT2D eigenvalue weighted by Gasteiger charge is 2.22. The van der Waals surface area contributed by atoms with E-state index in [1.165, 1.54) is 0 Å². The first-order valence-electron chi connectivity index (χ1n) is 10.1. The van der Waals surface area contributed by atoms with Gasteiger partial charge in [-0.25, -0.2) is 10.0 Å². The number of hydrogen-bond donors (Lipinski definition) is 1. The zero-order chi connectivity index (χ0) is 21.2. The Hall–Kier alpha value is -2.64. The third-order valence-corrected chi connectivity index (χ3v) is 6.69. The van der Waals surface area contributed by atoms with Crippen LogP contribution in [0.2, 0.25) is 5.02 Å². The molecule has 31 heavy (non-hydrogen) atoms. The van der Waals surface area contributed by atoms with Crippen LogP contribution in [-0.2, 0) is 4.74 Å². The number of hydrazine groups is 1. The van der Waals surface area contributed by atoms with Crippen molar-refractivity contribution in [1.82, 2.24) is 10.4 Å². The first-order valence-corrected chi connectivity index (χ1v) is 11.3. The lowest BCUT2D eigenvalue weighted by atomic mass is 10.0. The van der Waals surface area contributed by atoms with Crippen LogP contribution in [0.4, 0.5) is 5.69 Å². The summed E-state index contributed by atoms with van der Waals surface area (Å²) in [4.78, 5) is 19.9. The van der Waals surface area contributed by atoms with E-state index in [0.717, 1.165) is 32.3 Å². The number of rotatable bonds is 3. The lowest BCUT2D eigenvalue weighted by Crippen LogP contribution is -2.48. The summed E-state index contributed by atoms with van der Waals surface area (Å²) in [6, 6.07) is 21.5. The largest absolute Gasteiger partial charge is 0.379 e. The van der Waals surface area contributed by atoms with Gasteiger partial charge in [-0.05, 0) is 30.3 Å². The van der Waals surface area contributed by atoms with Crippen molar-refractivity contribution in [3.63, 3.8) is 0 Å². The van der Waals surface area contributed by atoms with Crippen LogP contribution in [0.3, 0.4) is 0 Å². The molecule has 0 aliphatic carbocycles. The fourth-order valence-corrected chi connectivity index (χ4v) is 4.85. The summed E-state index contributed by atoms with van der Waals surface area (Å²) in [7, 11) is 0. The van der Waals surface area contributed by atoms with Gasteiger partial charge >= 0.3 is 0 Å². The third kappa shape index (κ3) is 4.25. The molecule has 1 amide bonds. The van der Waals surface area contributed by atoms with E-state index in [-0.39, 0.29) is 5.91 Å². The highest BCUT2D eigenvalue weighted by atomic mass is 35.5. The Morgan fingerprint density at radius 3 is 2.52 bits per heavy atom. The molecule has 7 heteroatoms. The SMILES string of the molecule is O=C(NN1CCOCC1)c1ccc2c(c1)N=C(c1ccccc1Cl)c1ccccc1S2. The third-order valence-electron chi connectivity index (χ3n) is 5.22. The summed E-state index contributed by atoms with van der Waals surface area (Å²) in [5.74, 6) is -0.147. The molecule has 1 N–H and O–H groups in total. The normalized spacial score (nSPS) is 16.0. The summed E-state index contributed by atoms with van der Waals surface area (Å²) in [5, 5.41) is 2.53. The van der Waals surface area contributed by atoms with Gasteiger partial charge in [-0.1, -0.05) is 59.8 Å². The Morgan fingerprint density at radius 1 is 0.968 bits per heavy atom. The minimum absolute atomic E-state index is 0.147. The number of ether oxygens (including phenoxy) is 1. The van der Waals surface area contributed by atoms with E-state index in [1.54, 1.807) is 11.8 Å². The lowest BCUT2D eigenvalue weighted by Gasteiger charge is -2.27. The maximum absolute atomic E-state index is 12.8. The molecule has 0 saturated carbocycles. The van der Waals surface area contributed by atoms with Crippen molar-refractivity contribution in [3.8, 4) is 0 Å². The molecule has 5 nitrogen and oxygen atoms in total. The Labute approximate surface area is 190 Å². The van der Waals surface area contributed by atoms with Gasteiger partial charge in [0.1, 0.15) is 0 Å². The highest BCUT2D eigenvalue weighted by Crippen LogP contribution is 2.42. The first kappa shape index (κ1) is 20.3. The van der Waals surface area contributed by atoms with Crippen molar-refractivity contribution >= 4 is 40.7 Å². The van der Waals surface area contributed by atoms with Crippen LogP contribution in [0.25, 0.3) is 0 Å². The van der Waals surface area contributed by atoms with E-state index >= 15 is 0 Å². The average Bonchev–Trinajstić information content (AvgIpc) is 2.96. The van der Waals surface area contributed by atoms with E-state index in [0.29, 0.717) is 36.9 Å². The minimum Gasteiger partial charge on any atom is -0.379 e. The molecule has 2 aliphatic heterocycles. The Morgan fingerprint density at radius 2 is 1.71 bits per heavy atom. The number of nitrogens with zero attached hydrogens (tertiary/aromatic N) is 2. The van der Waals surface area contributed by atoms with Crippen LogP contribution >= 0.6 is 23.4 Å². The number of aliphatic imine (C=N–C) groups is 1. The number of nitrogens with one attached hydrogen (secondary N) is 1. The molecule has 2 heterocycles. The van der Waals surface area contributed by atoms with E-state index in [9.17, 15) is 4.79 Å². The number of fused-ring (bicyclic) bond motifs is 2. The zero-order valence-corrected chi connectivity index (χ0v) is 18.2. The van der Waals surface area contributed by atoms with Crippen molar-refractivity contribution < 1.29 is 9.53 Å². The summed E-state index contributed by atoms with van der Waals surface area (Å²) in [6.45, 7) is 2.59. The summed E-state index contributed by atoms with van der Waals surface area (Å²) < 4.78 is 5.35. The molecule has 0 spiro atoms. The predicted molar refractivity (Wildman–Crippen MR) is 124 cm³/mol. The molecule has 3 aromatic rings. The molecule has 1 saturated heterocycles. The van der Waals surface area contributed by atoms with Crippen LogP contribution in [0, 0.1) is 0 Å². The average molecular weight is 450 g/mol. The number of amides is 1. The topological polar surface area (TPSA) is 53.9 Å². The van der Waals surface area contributed by atoms with Crippen molar-refractivity contribution in [2.75, 3.05) is 26.3 Å². The van der Waals surface area contributed by atoms with Gasteiger partial charge in [0.05, 0.1) is 24.6 Å². The molecule has 0 aromatic heterocycles. The summed E-state index contributed by atoms with van der Waals surface area (Å²) >= 11 is 8.17. The molecule has 3 aromatic carbocycles. The number of hydrogen-bond acceptors (Lipinski definition) is 5. The molecule has 0 atom stereocenters. The molecule has 0 unspecified atom stereocenters. The lowest BCUT2D eigenvalue weighted by molar-refractivity contribution is 0.0126. The zero-order valence-electron chi connectivity index (χ0n) is 16.7. The number of carbonyl (C=O) groups excluding carboxylic acids is 1. The molecule has 156 valence electrons. The second-order valence-electron chi connectivity index (χ2n) is 7.26. The molecule has 0 radical (unpaired) electrons. The number of morpholine rings is 1. The van der Waals surface area contributed by atoms with Crippen LogP contribution in [-0.4, -0.2) is 42.9 Å². The van der Waals surface area contributed by atoms with Crippen molar-refractivity contribution in [2.45, 2.75) is 9.79 Å². The van der Waals surface area contributed by atoms with E-state index in [1.807, 2.05) is 59.6 Å². The van der Waals surface area contributed by atoms with Gasteiger partial charge in [0.15, 0.2) is 0 Å².